The number of benzene rings is 9. The van der Waals surface area contributed by atoms with Gasteiger partial charge in [0.05, 0.1) is 8.07 Å². The molecule has 11 rings (SSSR count). The molecule has 0 radical (unpaired) electrons. The quantitative estimate of drug-likeness (QED) is 0.117. The van der Waals surface area contributed by atoms with E-state index in [0.29, 0.717) is 0 Å². The monoisotopic (exact) mass is 806 g/mol. The summed E-state index contributed by atoms with van der Waals surface area (Å²) in [5, 5.41) is 6.59. The molecule has 0 N–H and O–H groups in total. The van der Waals surface area contributed by atoms with E-state index in [9.17, 15) is 0 Å². The van der Waals surface area contributed by atoms with Crippen LogP contribution >= 0.6 is 11.8 Å². The van der Waals surface area contributed by atoms with Crippen molar-refractivity contribution in [3.63, 3.8) is 0 Å². The molecule has 0 amide bonds. The molecule has 0 fully saturated rings. The minimum Gasteiger partial charge on any atom is -0.310 e. The lowest BCUT2D eigenvalue weighted by Gasteiger charge is -2.29. The molecule has 1 aliphatic heterocycles. The van der Waals surface area contributed by atoms with Crippen molar-refractivity contribution < 1.29 is 0 Å². The van der Waals surface area contributed by atoms with Gasteiger partial charge in [-0.05, 0) is 134 Å². The molecule has 2 aliphatic rings. The highest BCUT2D eigenvalue weighted by atomic mass is 32.2. The van der Waals surface area contributed by atoms with Crippen molar-refractivity contribution in [1.82, 2.24) is 0 Å². The minimum absolute atomic E-state index is 0.0853. The Morgan fingerprint density at radius 3 is 1.68 bits per heavy atom. The van der Waals surface area contributed by atoms with Gasteiger partial charge in [-0.1, -0.05) is 154 Å². The van der Waals surface area contributed by atoms with Crippen LogP contribution in [0.4, 0.5) is 34.1 Å². The van der Waals surface area contributed by atoms with Crippen LogP contribution in [0, 0.1) is 0 Å². The predicted octanol–water partition coefficient (Wildman–Crippen LogP) is 15.9. The Balaban J connectivity index is 1.03. The Hall–Kier alpha value is -6.33. The van der Waals surface area contributed by atoms with Crippen LogP contribution in [0.15, 0.2) is 198 Å². The third-order valence-corrected chi connectivity index (χ3v) is 15.9. The third-order valence-electron chi connectivity index (χ3n) is 12.8. The van der Waals surface area contributed by atoms with Gasteiger partial charge in [0.15, 0.2) is 0 Å². The second-order valence-electron chi connectivity index (χ2n) is 17.8. The fourth-order valence-electron chi connectivity index (χ4n) is 9.67. The average molecular weight is 807 g/mol. The summed E-state index contributed by atoms with van der Waals surface area (Å²) >= 11 is 1.89. The molecule has 60 heavy (non-hydrogen) atoms. The van der Waals surface area contributed by atoms with Gasteiger partial charge in [-0.15, -0.1) is 0 Å². The van der Waals surface area contributed by atoms with Crippen molar-refractivity contribution in [2.24, 2.45) is 0 Å². The van der Waals surface area contributed by atoms with Gasteiger partial charge in [-0.3, -0.25) is 0 Å². The largest absolute Gasteiger partial charge is 0.310 e. The van der Waals surface area contributed by atoms with Crippen LogP contribution in [0.1, 0.15) is 25.0 Å². The Kier molecular flexibility index (Phi) is 8.49. The number of nitrogens with zero attached hydrogens (tertiary/aromatic N) is 2. The molecule has 0 saturated heterocycles. The summed E-state index contributed by atoms with van der Waals surface area (Å²) in [4.78, 5) is 7.40. The Morgan fingerprint density at radius 1 is 0.400 bits per heavy atom. The van der Waals surface area contributed by atoms with E-state index in [1.807, 2.05) is 11.8 Å². The smallest absolute Gasteiger partial charge is 0.0775 e. The van der Waals surface area contributed by atoms with Gasteiger partial charge >= 0.3 is 0 Å². The molecule has 2 nitrogen and oxygen atoms in total. The summed E-state index contributed by atoms with van der Waals surface area (Å²) in [6, 6.07) is 70.2. The first-order chi connectivity index (χ1) is 29.1. The molecule has 0 atom stereocenters. The van der Waals surface area contributed by atoms with Gasteiger partial charge in [0.2, 0.25) is 0 Å². The van der Waals surface area contributed by atoms with Crippen molar-refractivity contribution in [3.05, 3.63) is 199 Å². The van der Waals surface area contributed by atoms with Gasteiger partial charge in [-0.25, -0.2) is 0 Å². The van der Waals surface area contributed by atoms with Crippen LogP contribution in [-0.2, 0) is 5.41 Å². The first-order valence-electron chi connectivity index (χ1n) is 21.0. The molecular weight excluding hydrogens is 761 g/mol. The number of anilines is 6. The van der Waals surface area contributed by atoms with Crippen molar-refractivity contribution >= 4 is 80.7 Å². The normalized spacial score (nSPS) is 13.5. The van der Waals surface area contributed by atoms with Crippen LogP contribution < -0.4 is 15.0 Å². The minimum atomic E-state index is -1.43. The summed E-state index contributed by atoms with van der Waals surface area (Å²) in [5.74, 6) is 0. The second kappa shape index (κ2) is 13.9. The van der Waals surface area contributed by atoms with E-state index in [-0.39, 0.29) is 5.41 Å². The maximum Gasteiger partial charge on any atom is 0.0775 e. The topological polar surface area (TPSA) is 6.48 Å². The first kappa shape index (κ1) is 36.7. The molecule has 290 valence electrons. The van der Waals surface area contributed by atoms with Gasteiger partial charge < -0.3 is 9.80 Å². The molecule has 0 unspecified atom stereocenters. The number of fused-ring (bicyclic) bond motifs is 7. The van der Waals surface area contributed by atoms with E-state index in [4.69, 9.17) is 0 Å². The summed E-state index contributed by atoms with van der Waals surface area (Å²) in [6.45, 7) is 11.9. The molecule has 4 heteroatoms. The zero-order valence-corrected chi connectivity index (χ0v) is 36.5. The maximum atomic E-state index is 2.43. The van der Waals surface area contributed by atoms with E-state index in [2.05, 4.69) is 231 Å². The number of hydrogen-bond acceptors (Lipinski definition) is 3. The Morgan fingerprint density at radius 2 is 0.967 bits per heavy atom. The number of para-hydroxylation sites is 2. The van der Waals surface area contributed by atoms with Gasteiger partial charge in [-0.2, -0.15) is 0 Å². The van der Waals surface area contributed by atoms with E-state index in [1.54, 1.807) is 0 Å². The first-order valence-corrected chi connectivity index (χ1v) is 25.3. The second-order valence-corrected chi connectivity index (χ2v) is 24.0. The van der Waals surface area contributed by atoms with Gasteiger partial charge in [0.1, 0.15) is 0 Å². The zero-order chi connectivity index (χ0) is 40.8. The van der Waals surface area contributed by atoms with Gasteiger partial charge in [0, 0.05) is 54.7 Å². The van der Waals surface area contributed by atoms with E-state index >= 15 is 0 Å². The fraction of sp³-hybridized carbons (Fsp3) is 0.107. The van der Waals surface area contributed by atoms with E-state index < -0.39 is 8.07 Å². The molecule has 0 saturated carbocycles. The number of hydrogen-bond donors (Lipinski definition) is 0. The third kappa shape index (κ3) is 5.92. The summed E-state index contributed by atoms with van der Waals surface area (Å²) in [6.07, 6.45) is 0. The van der Waals surface area contributed by atoms with Crippen molar-refractivity contribution in [3.8, 4) is 22.3 Å². The van der Waals surface area contributed by atoms with Crippen LogP contribution in [0.25, 0.3) is 43.8 Å². The van der Waals surface area contributed by atoms with Gasteiger partial charge in [0.25, 0.3) is 0 Å². The molecule has 0 spiro atoms. The van der Waals surface area contributed by atoms with E-state index in [0.717, 1.165) is 22.7 Å². The number of rotatable bonds is 7. The van der Waals surface area contributed by atoms with E-state index in [1.165, 1.54) is 81.3 Å². The maximum absolute atomic E-state index is 2.43. The van der Waals surface area contributed by atoms with Crippen LogP contribution in [-0.4, -0.2) is 8.07 Å². The molecule has 0 bridgehead atoms. The highest BCUT2D eigenvalue weighted by Crippen LogP contribution is 2.53. The molecular formula is C56H46N2SSi. The molecule has 1 aliphatic carbocycles. The lowest BCUT2D eigenvalue weighted by Crippen LogP contribution is -2.37. The zero-order valence-electron chi connectivity index (χ0n) is 34.7. The van der Waals surface area contributed by atoms with Crippen LogP contribution in [0.2, 0.25) is 19.6 Å². The van der Waals surface area contributed by atoms with Crippen LogP contribution in [0.5, 0.6) is 0 Å². The molecule has 0 aromatic heterocycles. The Bertz CT molecular complexity index is 3130. The summed E-state index contributed by atoms with van der Waals surface area (Å²) in [5.41, 5.74) is 14.9. The standard InChI is InChI=1S/C56H46N2SSi/c1-56(2)51-21-13-12-19-45(51)46-31-27-42(35-52(46)56)58(39-17-10-7-11-18-39)41-24-23-37-33-50-47-32-28-43(36-54(47)59-53-22-14-20-48(55(50)53)49(37)34-41)57(38-15-8-6-9-16-38)40-25-29-44(30-26-40)60(3,4)5/h6-36H,1-5H3. The predicted molar refractivity (Wildman–Crippen MR) is 261 cm³/mol. The lowest BCUT2D eigenvalue weighted by molar-refractivity contribution is 0.660. The van der Waals surface area contributed by atoms with Crippen LogP contribution in [0.3, 0.4) is 0 Å². The Labute approximate surface area is 358 Å². The average Bonchev–Trinajstić information content (AvgIpc) is 3.50. The fourth-order valence-corrected chi connectivity index (χ4v) is 12.0. The highest BCUT2D eigenvalue weighted by Gasteiger charge is 2.36. The SMILES string of the molecule is CC1(C)c2ccccc2-c2ccc(N(c3ccccc3)c3ccc4cc5c6c(cccc6c4c3)Sc3cc(N(c4ccccc4)c4ccc([Si](C)(C)C)cc4)ccc3-5)cc21. The summed E-state index contributed by atoms with van der Waals surface area (Å²) < 4.78 is 0. The summed E-state index contributed by atoms with van der Waals surface area (Å²) in [7, 11) is -1.43. The molecule has 9 aromatic rings. The molecule has 1 heterocycles. The highest BCUT2D eigenvalue weighted by molar-refractivity contribution is 7.99. The van der Waals surface area contributed by atoms with Crippen molar-refractivity contribution in [2.75, 3.05) is 9.80 Å². The van der Waals surface area contributed by atoms with Crippen molar-refractivity contribution in [1.29, 1.82) is 0 Å². The lowest BCUT2D eigenvalue weighted by atomic mass is 9.82. The molecule has 9 aromatic carbocycles. The van der Waals surface area contributed by atoms with Crippen molar-refractivity contribution in [2.45, 2.75) is 48.7 Å².